The van der Waals surface area contributed by atoms with Crippen molar-refractivity contribution in [1.82, 2.24) is 25.2 Å². The predicted molar refractivity (Wildman–Crippen MR) is 105 cm³/mol. The van der Waals surface area contributed by atoms with Gasteiger partial charge in [0, 0.05) is 13.1 Å². The van der Waals surface area contributed by atoms with Crippen LogP contribution in [0, 0.1) is 6.92 Å². The Morgan fingerprint density at radius 3 is 2.62 bits per heavy atom. The molecule has 3 rings (SSSR count). The molecule has 1 fully saturated rings. The van der Waals surface area contributed by atoms with E-state index >= 15 is 0 Å². The first-order valence-corrected chi connectivity index (χ1v) is 9.16. The Hall–Kier alpha value is -1.92. The van der Waals surface area contributed by atoms with E-state index in [1.54, 1.807) is 0 Å². The van der Waals surface area contributed by atoms with Gasteiger partial charge in [-0.05, 0) is 51.8 Å². The van der Waals surface area contributed by atoms with Gasteiger partial charge in [-0.2, -0.15) is 0 Å². The number of amides is 1. The van der Waals surface area contributed by atoms with Crippen molar-refractivity contribution in [2.45, 2.75) is 39.2 Å². The number of halogens is 1. The first-order valence-electron chi connectivity index (χ1n) is 9.16. The van der Waals surface area contributed by atoms with Crippen molar-refractivity contribution in [3.8, 4) is 0 Å². The molecule has 0 unspecified atom stereocenters. The van der Waals surface area contributed by atoms with Gasteiger partial charge < -0.3 is 10.2 Å². The van der Waals surface area contributed by atoms with E-state index < -0.39 is 0 Å². The average molecular weight is 378 g/mol. The highest BCUT2D eigenvalue weighted by atomic mass is 35.5. The average Bonchev–Trinajstić information content (AvgIpc) is 3.05. The molecule has 1 aromatic carbocycles. The lowest BCUT2D eigenvalue weighted by Gasteiger charge is -2.24. The lowest BCUT2D eigenvalue weighted by atomic mass is 10.1. The summed E-state index contributed by atoms with van der Waals surface area (Å²) < 4.78 is 1.94. The minimum Gasteiger partial charge on any atom is -0.337 e. The second-order valence-corrected chi connectivity index (χ2v) is 6.57. The Balaban J connectivity index is 0.00000243. The Kier molecular flexibility index (Phi) is 7.60. The number of likely N-dealkylation sites (N-methyl/N-ethyl adjacent to an activating group) is 1. The van der Waals surface area contributed by atoms with Crippen molar-refractivity contribution >= 4 is 18.3 Å². The fourth-order valence-corrected chi connectivity index (χ4v) is 3.40. The number of aromatic nitrogens is 3. The Morgan fingerprint density at radius 2 is 1.96 bits per heavy atom. The molecule has 1 aromatic heterocycles. The summed E-state index contributed by atoms with van der Waals surface area (Å²) in [4.78, 5) is 14.8. The van der Waals surface area contributed by atoms with Crippen molar-refractivity contribution in [1.29, 1.82) is 0 Å². The van der Waals surface area contributed by atoms with Crippen molar-refractivity contribution in [3.05, 3.63) is 47.3 Å². The first kappa shape index (κ1) is 20.4. The fraction of sp³-hybridized carbons (Fsp3) is 0.526. The van der Waals surface area contributed by atoms with Gasteiger partial charge in [-0.25, -0.2) is 4.68 Å². The van der Waals surface area contributed by atoms with Gasteiger partial charge in [-0.1, -0.05) is 35.5 Å². The van der Waals surface area contributed by atoms with E-state index in [2.05, 4.69) is 27.8 Å². The third kappa shape index (κ3) is 4.62. The number of nitrogens with one attached hydrogen (secondary N) is 1. The molecule has 2 aromatic rings. The molecule has 1 aliphatic heterocycles. The van der Waals surface area contributed by atoms with Crippen LogP contribution < -0.4 is 5.32 Å². The zero-order chi connectivity index (χ0) is 17.6. The van der Waals surface area contributed by atoms with Crippen molar-refractivity contribution < 1.29 is 4.79 Å². The van der Waals surface area contributed by atoms with Crippen LogP contribution in [0.4, 0.5) is 0 Å². The molecule has 1 saturated heterocycles. The zero-order valence-corrected chi connectivity index (χ0v) is 16.3. The van der Waals surface area contributed by atoms with Crippen LogP contribution >= 0.6 is 12.4 Å². The van der Waals surface area contributed by atoms with Gasteiger partial charge in [0.15, 0.2) is 5.69 Å². The smallest absolute Gasteiger partial charge is 0.276 e. The molecular weight excluding hydrogens is 350 g/mol. The highest BCUT2D eigenvalue weighted by Crippen LogP contribution is 2.21. The second kappa shape index (κ2) is 9.69. The molecule has 0 radical (unpaired) electrons. The highest BCUT2D eigenvalue weighted by molar-refractivity contribution is 5.93. The van der Waals surface area contributed by atoms with Crippen LogP contribution in [0.25, 0.3) is 0 Å². The van der Waals surface area contributed by atoms with Crippen LogP contribution in [0.2, 0.25) is 0 Å². The third-order valence-electron chi connectivity index (χ3n) is 4.97. The number of piperidine rings is 1. The van der Waals surface area contributed by atoms with E-state index in [9.17, 15) is 4.79 Å². The van der Waals surface area contributed by atoms with E-state index in [4.69, 9.17) is 0 Å². The van der Waals surface area contributed by atoms with E-state index in [0.29, 0.717) is 24.8 Å². The van der Waals surface area contributed by atoms with Crippen molar-refractivity contribution in [2.24, 2.45) is 0 Å². The molecule has 0 spiro atoms. The Bertz CT molecular complexity index is 697. The summed E-state index contributed by atoms with van der Waals surface area (Å²) in [6.45, 7) is 7.32. The van der Waals surface area contributed by atoms with Crippen LogP contribution in [-0.2, 0) is 6.42 Å². The summed E-state index contributed by atoms with van der Waals surface area (Å²) in [5.41, 5.74) is 2.62. The molecule has 26 heavy (non-hydrogen) atoms. The molecule has 1 aliphatic rings. The molecule has 1 amide bonds. The quantitative estimate of drug-likeness (QED) is 0.840. The zero-order valence-electron chi connectivity index (χ0n) is 15.5. The summed E-state index contributed by atoms with van der Waals surface area (Å²) in [6.07, 6.45) is 2.91. The molecule has 1 N–H and O–H groups in total. The van der Waals surface area contributed by atoms with E-state index in [-0.39, 0.29) is 18.3 Å². The van der Waals surface area contributed by atoms with Crippen molar-refractivity contribution in [2.75, 3.05) is 26.2 Å². The maximum atomic E-state index is 12.9. The van der Waals surface area contributed by atoms with E-state index in [1.165, 1.54) is 5.56 Å². The van der Waals surface area contributed by atoms with Crippen LogP contribution in [0.3, 0.4) is 0 Å². The normalized spacial score (nSPS) is 14.7. The number of hydrogen-bond acceptors (Lipinski definition) is 4. The summed E-state index contributed by atoms with van der Waals surface area (Å²) >= 11 is 0. The van der Waals surface area contributed by atoms with Crippen LogP contribution in [0.15, 0.2) is 30.3 Å². The van der Waals surface area contributed by atoms with E-state index in [0.717, 1.165) is 38.0 Å². The largest absolute Gasteiger partial charge is 0.337 e. The van der Waals surface area contributed by atoms with Gasteiger partial charge >= 0.3 is 0 Å². The molecule has 0 saturated carbocycles. The second-order valence-electron chi connectivity index (χ2n) is 6.57. The standard InChI is InChI=1S/C19H27N5O.ClH/c1-3-23(14-11-16-7-5-4-6-8-16)19(25)18-15(2)24(22-21-18)17-9-12-20-13-10-17;/h4-8,17,20H,3,9-14H2,1-2H3;1H. The minimum atomic E-state index is -0.0175. The molecule has 142 valence electrons. The summed E-state index contributed by atoms with van der Waals surface area (Å²) in [7, 11) is 0. The minimum absolute atomic E-state index is 0. The highest BCUT2D eigenvalue weighted by Gasteiger charge is 2.25. The predicted octanol–water partition coefficient (Wildman–Crippen LogP) is 2.64. The molecule has 6 nitrogen and oxygen atoms in total. The van der Waals surface area contributed by atoms with Crippen LogP contribution in [0.1, 0.15) is 47.6 Å². The van der Waals surface area contributed by atoms with Gasteiger partial charge in [0.25, 0.3) is 5.91 Å². The number of nitrogens with zero attached hydrogens (tertiary/aromatic N) is 4. The lowest BCUT2D eigenvalue weighted by molar-refractivity contribution is 0.0759. The first-order chi connectivity index (χ1) is 12.2. The molecule has 0 bridgehead atoms. The topological polar surface area (TPSA) is 63.1 Å². The van der Waals surface area contributed by atoms with Gasteiger partial charge in [-0.3, -0.25) is 4.79 Å². The lowest BCUT2D eigenvalue weighted by Crippen LogP contribution is -2.34. The summed E-state index contributed by atoms with van der Waals surface area (Å²) in [5, 5.41) is 11.9. The Labute approximate surface area is 161 Å². The molecule has 2 heterocycles. The monoisotopic (exact) mass is 377 g/mol. The number of hydrogen-bond donors (Lipinski definition) is 1. The maximum Gasteiger partial charge on any atom is 0.276 e. The third-order valence-corrected chi connectivity index (χ3v) is 4.97. The maximum absolute atomic E-state index is 12.9. The molecular formula is C19H28ClN5O. The fourth-order valence-electron chi connectivity index (χ4n) is 3.40. The van der Waals surface area contributed by atoms with Gasteiger partial charge in [0.2, 0.25) is 0 Å². The number of rotatable bonds is 6. The van der Waals surface area contributed by atoms with Crippen LogP contribution in [0.5, 0.6) is 0 Å². The SMILES string of the molecule is CCN(CCc1ccccc1)C(=O)c1nnn(C2CCNCC2)c1C.Cl. The number of carbonyl (C=O) groups excluding carboxylic acids is 1. The number of benzene rings is 1. The molecule has 0 aliphatic carbocycles. The van der Waals surface area contributed by atoms with Gasteiger partial charge in [0.05, 0.1) is 11.7 Å². The van der Waals surface area contributed by atoms with Crippen molar-refractivity contribution in [3.63, 3.8) is 0 Å². The number of carbonyl (C=O) groups is 1. The Morgan fingerprint density at radius 1 is 1.27 bits per heavy atom. The summed E-state index contributed by atoms with van der Waals surface area (Å²) in [6, 6.07) is 10.6. The van der Waals surface area contributed by atoms with Gasteiger partial charge in [-0.15, -0.1) is 17.5 Å². The molecule has 7 heteroatoms. The van der Waals surface area contributed by atoms with E-state index in [1.807, 2.05) is 41.6 Å². The summed E-state index contributed by atoms with van der Waals surface area (Å²) in [5.74, 6) is -0.0175. The van der Waals surface area contributed by atoms with Gasteiger partial charge in [0.1, 0.15) is 0 Å². The molecule has 0 atom stereocenters. The van der Waals surface area contributed by atoms with Crippen LogP contribution in [-0.4, -0.2) is 52.0 Å².